The second-order valence-corrected chi connectivity index (χ2v) is 5.01. The van der Waals surface area contributed by atoms with Crippen molar-refractivity contribution in [3.8, 4) is 0 Å². The number of nitrogens with two attached hydrogens (primary N) is 1. The zero-order chi connectivity index (χ0) is 12.5. The van der Waals surface area contributed by atoms with Crippen molar-refractivity contribution in [2.45, 2.75) is 0 Å². The van der Waals surface area contributed by atoms with Gasteiger partial charge in [0.1, 0.15) is 5.52 Å². The summed E-state index contributed by atoms with van der Waals surface area (Å²) in [6, 6.07) is 13.8. The van der Waals surface area contributed by atoms with E-state index < -0.39 is 0 Å². The third-order valence-electron chi connectivity index (χ3n) is 2.53. The van der Waals surface area contributed by atoms with E-state index in [1.165, 1.54) is 0 Å². The summed E-state index contributed by atoms with van der Waals surface area (Å²) in [5.41, 5.74) is 8.83. The van der Waals surface area contributed by atoms with Gasteiger partial charge in [-0.1, -0.05) is 12.1 Å². The van der Waals surface area contributed by atoms with Crippen LogP contribution in [0.3, 0.4) is 0 Å². The highest BCUT2D eigenvalue weighted by molar-refractivity contribution is 14.1. The normalized spacial score (nSPS) is 10.7. The molecule has 90 valence electrons. The molecule has 0 unspecified atom stereocenters. The molecule has 2 aromatic carbocycles. The highest BCUT2D eigenvalue weighted by Gasteiger charge is 2.07. The molecule has 3 aromatic rings. The molecule has 0 spiro atoms. The number of fused-ring (bicyclic) bond motifs is 1. The zero-order valence-electron chi connectivity index (χ0n) is 9.35. The fourth-order valence-electron chi connectivity index (χ4n) is 1.68. The van der Waals surface area contributed by atoms with Crippen LogP contribution in [0.25, 0.3) is 11.1 Å². The number of halogens is 1. The number of nitrogen functional groups attached to an aromatic ring is 1. The molecule has 0 amide bonds. The molecule has 0 atom stereocenters. The predicted molar refractivity (Wildman–Crippen MR) is 80.9 cm³/mol. The summed E-state index contributed by atoms with van der Waals surface area (Å²) in [5, 5.41) is 3.15. The van der Waals surface area contributed by atoms with Crippen LogP contribution >= 0.6 is 22.6 Å². The quantitative estimate of drug-likeness (QED) is 0.545. The molecule has 0 saturated heterocycles. The van der Waals surface area contributed by atoms with E-state index in [1.54, 1.807) is 12.1 Å². The summed E-state index contributed by atoms with van der Waals surface area (Å²) in [6.07, 6.45) is 0. The van der Waals surface area contributed by atoms with Crippen molar-refractivity contribution in [2.24, 2.45) is 0 Å². The van der Waals surface area contributed by atoms with Crippen LogP contribution in [0, 0.1) is 3.57 Å². The van der Waals surface area contributed by atoms with E-state index in [4.69, 9.17) is 10.2 Å². The lowest BCUT2D eigenvalue weighted by molar-refractivity contribution is 0.623. The molecule has 0 saturated carbocycles. The minimum Gasteiger partial charge on any atom is -0.423 e. The Morgan fingerprint density at radius 2 is 2.00 bits per heavy atom. The van der Waals surface area contributed by atoms with Crippen LogP contribution in [-0.4, -0.2) is 4.98 Å². The molecule has 0 aliphatic heterocycles. The Hall–Kier alpha value is -1.76. The lowest BCUT2D eigenvalue weighted by atomic mass is 10.3. The maximum absolute atomic E-state index is 5.71. The van der Waals surface area contributed by atoms with Crippen LogP contribution in [0.5, 0.6) is 0 Å². The van der Waals surface area contributed by atoms with E-state index >= 15 is 0 Å². The smallest absolute Gasteiger partial charge is 0.300 e. The summed E-state index contributed by atoms with van der Waals surface area (Å²) >= 11 is 2.26. The fraction of sp³-hybridized carbons (Fsp3) is 0. The summed E-state index contributed by atoms with van der Waals surface area (Å²) in [7, 11) is 0. The number of nitrogens with one attached hydrogen (secondary N) is 1. The second kappa shape index (κ2) is 4.49. The Labute approximate surface area is 117 Å². The van der Waals surface area contributed by atoms with Gasteiger partial charge in [0.2, 0.25) is 0 Å². The van der Waals surface area contributed by atoms with Gasteiger partial charge >= 0.3 is 0 Å². The minimum atomic E-state index is 0.472. The van der Waals surface area contributed by atoms with Crippen LogP contribution < -0.4 is 11.1 Å². The summed E-state index contributed by atoms with van der Waals surface area (Å²) in [4.78, 5) is 4.35. The topological polar surface area (TPSA) is 64.1 Å². The highest BCUT2D eigenvalue weighted by atomic mass is 127. The number of hydrogen-bond acceptors (Lipinski definition) is 4. The van der Waals surface area contributed by atoms with E-state index in [0.29, 0.717) is 11.7 Å². The van der Waals surface area contributed by atoms with Gasteiger partial charge in [0.15, 0.2) is 5.58 Å². The maximum Gasteiger partial charge on any atom is 0.300 e. The minimum absolute atomic E-state index is 0.472. The van der Waals surface area contributed by atoms with Crippen molar-refractivity contribution in [3.63, 3.8) is 0 Å². The average molecular weight is 351 g/mol. The van der Waals surface area contributed by atoms with Gasteiger partial charge in [0, 0.05) is 9.26 Å². The molecule has 3 N–H and O–H groups in total. The maximum atomic E-state index is 5.71. The third-order valence-corrected chi connectivity index (χ3v) is 3.47. The van der Waals surface area contributed by atoms with Crippen molar-refractivity contribution in [1.82, 2.24) is 4.98 Å². The van der Waals surface area contributed by atoms with E-state index in [2.05, 4.69) is 32.9 Å². The molecule has 3 rings (SSSR count). The fourth-order valence-corrected chi connectivity index (χ4v) is 2.20. The number of oxazole rings is 1. The van der Waals surface area contributed by atoms with E-state index in [9.17, 15) is 0 Å². The molecule has 0 bridgehead atoms. The van der Waals surface area contributed by atoms with Gasteiger partial charge in [0.05, 0.1) is 5.69 Å². The van der Waals surface area contributed by atoms with Crippen LogP contribution in [-0.2, 0) is 0 Å². The van der Waals surface area contributed by atoms with E-state index in [0.717, 1.165) is 20.4 Å². The van der Waals surface area contributed by atoms with Crippen molar-refractivity contribution >= 4 is 51.1 Å². The Morgan fingerprint density at radius 3 is 2.83 bits per heavy atom. The van der Waals surface area contributed by atoms with Gasteiger partial charge < -0.3 is 15.5 Å². The Kier molecular flexibility index (Phi) is 2.83. The van der Waals surface area contributed by atoms with Crippen molar-refractivity contribution in [1.29, 1.82) is 0 Å². The van der Waals surface area contributed by atoms with Crippen molar-refractivity contribution < 1.29 is 4.42 Å². The number of nitrogens with zero attached hydrogens (tertiary/aromatic N) is 1. The van der Waals surface area contributed by atoms with Gasteiger partial charge in [-0.25, -0.2) is 0 Å². The first-order chi connectivity index (χ1) is 8.72. The van der Waals surface area contributed by atoms with Crippen LogP contribution in [0.2, 0.25) is 0 Å². The van der Waals surface area contributed by atoms with Crippen LogP contribution in [0.4, 0.5) is 17.4 Å². The number of para-hydroxylation sites is 1. The Morgan fingerprint density at radius 1 is 1.17 bits per heavy atom. The first kappa shape index (κ1) is 11.3. The number of aromatic nitrogens is 1. The van der Waals surface area contributed by atoms with Crippen molar-refractivity contribution in [2.75, 3.05) is 11.1 Å². The van der Waals surface area contributed by atoms with Gasteiger partial charge in [-0.15, -0.1) is 0 Å². The first-order valence-electron chi connectivity index (χ1n) is 5.40. The molecule has 0 fully saturated rings. The molecule has 4 nitrogen and oxygen atoms in total. The second-order valence-electron chi connectivity index (χ2n) is 3.85. The van der Waals surface area contributed by atoms with E-state index in [1.807, 2.05) is 30.3 Å². The average Bonchev–Trinajstić information content (AvgIpc) is 2.73. The van der Waals surface area contributed by atoms with Gasteiger partial charge in [-0.2, -0.15) is 4.98 Å². The predicted octanol–water partition coefficient (Wildman–Crippen LogP) is 3.76. The highest BCUT2D eigenvalue weighted by Crippen LogP contribution is 2.25. The monoisotopic (exact) mass is 351 g/mol. The molecule has 18 heavy (non-hydrogen) atoms. The first-order valence-corrected chi connectivity index (χ1v) is 6.48. The van der Waals surface area contributed by atoms with Crippen LogP contribution in [0.15, 0.2) is 46.9 Å². The van der Waals surface area contributed by atoms with Gasteiger partial charge in [-0.3, -0.25) is 0 Å². The Balaban J connectivity index is 1.98. The SMILES string of the molecule is Nc1ccc2oc(Nc3ccccc3I)nc2c1. The Bertz CT molecular complexity index is 708. The summed E-state index contributed by atoms with van der Waals surface area (Å²) in [5.74, 6) is 0. The van der Waals surface area contributed by atoms with Gasteiger partial charge in [-0.05, 0) is 52.9 Å². The standard InChI is InChI=1S/C13H10IN3O/c14-9-3-1-2-4-10(9)16-13-17-11-7-8(15)5-6-12(11)18-13/h1-7H,15H2,(H,16,17). The molecule has 5 heteroatoms. The molecule has 0 aliphatic carbocycles. The summed E-state index contributed by atoms with van der Waals surface area (Å²) in [6.45, 7) is 0. The van der Waals surface area contributed by atoms with Crippen LogP contribution in [0.1, 0.15) is 0 Å². The number of benzene rings is 2. The zero-order valence-corrected chi connectivity index (χ0v) is 11.5. The molecule has 1 aromatic heterocycles. The molecule has 0 radical (unpaired) electrons. The summed E-state index contributed by atoms with van der Waals surface area (Å²) < 4.78 is 6.71. The molecular weight excluding hydrogens is 341 g/mol. The molecule has 1 heterocycles. The number of rotatable bonds is 2. The van der Waals surface area contributed by atoms with Crippen molar-refractivity contribution in [3.05, 3.63) is 46.0 Å². The number of anilines is 3. The molecule has 0 aliphatic rings. The van der Waals surface area contributed by atoms with E-state index in [-0.39, 0.29) is 0 Å². The lowest BCUT2D eigenvalue weighted by Gasteiger charge is -2.02. The lowest BCUT2D eigenvalue weighted by Crippen LogP contribution is -1.92. The molecular formula is C13H10IN3O. The third kappa shape index (κ3) is 2.13. The number of hydrogen-bond donors (Lipinski definition) is 2. The largest absolute Gasteiger partial charge is 0.423 e. The van der Waals surface area contributed by atoms with Gasteiger partial charge in [0.25, 0.3) is 6.01 Å².